The minimum atomic E-state index is -0.478. The minimum Gasteiger partial charge on any atom is -0.507 e. The Kier molecular flexibility index (Phi) is 14.4. The van der Waals surface area contributed by atoms with Crippen molar-refractivity contribution in [2.75, 3.05) is 0 Å². The van der Waals surface area contributed by atoms with Crippen LogP contribution in [-0.4, -0.2) is 22.4 Å². The van der Waals surface area contributed by atoms with E-state index >= 15 is 8.78 Å². The van der Waals surface area contributed by atoms with Crippen LogP contribution in [0.1, 0.15) is 113 Å². The zero-order valence-corrected chi connectivity index (χ0v) is 47.9. The van der Waals surface area contributed by atoms with Gasteiger partial charge >= 0.3 is 0 Å². The molecule has 79 heavy (non-hydrogen) atoms. The number of phenols is 2. The molecule has 0 saturated carbocycles. The molecule has 0 saturated heterocycles. The SMILES string of the molecule is CC(C[C@@H](C)Oc1ccc(F)cc1-c1cc(C(C)(C)CC(C)(C)C)cc(-c2c3ccccc3cc3ccccc23)c1O)Oc1ccc(F)cc1-c1cc(C(C)(C)CC(C)(C)C)cc(-c2c3ccccc3cc3ccccc23)c1O. The third-order valence-corrected chi connectivity index (χ3v) is 15.6. The lowest BCUT2D eigenvalue weighted by Gasteiger charge is -2.34. The van der Waals surface area contributed by atoms with Crippen LogP contribution in [-0.2, 0) is 10.8 Å². The number of ether oxygens (including phenoxy) is 2. The normalized spacial score (nSPS) is 13.3. The average Bonchev–Trinajstić information content (AvgIpc) is 3.45. The maximum atomic E-state index is 15.8. The first-order valence-electron chi connectivity index (χ1n) is 27.8. The van der Waals surface area contributed by atoms with Crippen LogP contribution >= 0.6 is 0 Å². The van der Waals surface area contributed by atoms with E-state index in [4.69, 9.17) is 9.47 Å². The molecule has 0 fully saturated rings. The standard InChI is InChI=1S/C73H74F2O4/c1-44(78-64-31-29-52(74)40-58(64)60-36-50(72(9,10)42-70(3,4)5)38-62(68(60)76)66-54-25-17-13-21-46(54)34-47-22-14-18-26-55(47)66)33-45(2)79-65-32-30-53(75)41-59(65)61-37-51(73(11,12)43-71(6,7)8)39-63(69(61)77)67-56-27-19-15-23-48(56)35-49-24-16-20-28-57(49)67/h13-32,34-41,44-45,76-77H,33,42-43H2,1-12H3/t44-,45?/m1/s1. The number of aromatic hydroxyl groups is 2. The quantitative estimate of drug-likeness (QED) is 0.107. The van der Waals surface area contributed by atoms with Crippen LogP contribution < -0.4 is 9.47 Å². The maximum absolute atomic E-state index is 15.8. The molecule has 0 amide bonds. The van der Waals surface area contributed by atoms with Crippen molar-refractivity contribution in [3.63, 3.8) is 0 Å². The molecular formula is C73H74F2O4. The van der Waals surface area contributed by atoms with E-state index < -0.39 is 23.8 Å². The van der Waals surface area contributed by atoms with Gasteiger partial charge in [-0.05, 0) is 175 Å². The Labute approximate surface area is 465 Å². The molecule has 0 aliphatic heterocycles. The fourth-order valence-corrected chi connectivity index (χ4v) is 12.9. The highest BCUT2D eigenvalue weighted by Gasteiger charge is 2.33. The van der Waals surface area contributed by atoms with Crippen LogP contribution in [0.15, 0.2) is 170 Å². The second kappa shape index (κ2) is 20.8. The highest BCUT2D eigenvalue weighted by Crippen LogP contribution is 2.52. The third kappa shape index (κ3) is 11.3. The first-order valence-corrected chi connectivity index (χ1v) is 27.8. The van der Waals surface area contributed by atoms with Crippen LogP contribution in [0.4, 0.5) is 8.78 Å². The molecule has 0 radical (unpaired) electrons. The van der Waals surface area contributed by atoms with Crippen molar-refractivity contribution in [3.8, 4) is 67.5 Å². The van der Waals surface area contributed by atoms with Gasteiger partial charge in [0.1, 0.15) is 34.6 Å². The second-order valence-corrected chi connectivity index (χ2v) is 25.8. The summed E-state index contributed by atoms with van der Waals surface area (Å²) < 4.78 is 45.3. The van der Waals surface area contributed by atoms with Gasteiger partial charge in [-0.25, -0.2) is 8.78 Å². The molecule has 1 unspecified atom stereocenters. The molecule has 0 heterocycles. The molecule has 0 aromatic heterocycles. The largest absolute Gasteiger partial charge is 0.507 e. The fourth-order valence-electron chi connectivity index (χ4n) is 12.9. The number of phenolic OH excluding ortho intramolecular Hbond substituents is 2. The molecular weight excluding hydrogens is 979 g/mol. The molecule has 0 aliphatic carbocycles. The Bertz CT molecular complexity index is 3580. The third-order valence-electron chi connectivity index (χ3n) is 15.6. The number of halogens is 2. The molecule has 6 heteroatoms. The molecule has 2 N–H and O–H groups in total. The minimum absolute atomic E-state index is 0.0208. The number of benzene rings is 10. The van der Waals surface area contributed by atoms with Crippen LogP contribution in [0.3, 0.4) is 0 Å². The lowest BCUT2D eigenvalue weighted by Crippen LogP contribution is -2.25. The van der Waals surface area contributed by atoms with Gasteiger partial charge in [0, 0.05) is 50.9 Å². The van der Waals surface area contributed by atoms with Gasteiger partial charge in [0.2, 0.25) is 0 Å². The van der Waals surface area contributed by atoms with Gasteiger partial charge in [-0.15, -0.1) is 0 Å². The number of fused-ring (bicyclic) bond motifs is 4. The Morgan fingerprint density at radius 1 is 0.380 bits per heavy atom. The van der Waals surface area contributed by atoms with E-state index in [9.17, 15) is 10.2 Å². The smallest absolute Gasteiger partial charge is 0.131 e. The summed E-state index contributed by atoms with van der Waals surface area (Å²) in [5.41, 5.74) is 6.21. The van der Waals surface area contributed by atoms with Gasteiger partial charge in [-0.3, -0.25) is 0 Å². The predicted octanol–water partition coefficient (Wildman–Crippen LogP) is 20.7. The van der Waals surface area contributed by atoms with Crippen molar-refractivity contribution in [1.29, 1.82) is 0 Å². The molecule has 0 aliphatic rings. The van der Waals surface area contributed by atoms with E-state index in [0.717, 1.165) is 78.2 Å². The fraction of sp³-hybridized carbons (Fsp3) is 0.288. The number of hydrogen-bond acceptors (Lipinski definition) is 4. The molecule has 10 aromatic rings. The zero-order chi connectivity index (χ0) is 56.3. The Morgan fingerprint density at radius 3 is 1.00 bits per heavy atom. The molecule has 404 valence electrons. The van der Waals surface area contributed by atoms with Crippen molar-refractivity contribution >= 4 is 43.1 Å². The summed E-state index contributed by atoms with van der Waals surface area (Å²) in [6, 6.07) is 54.6. The van der Waals surface area contributed by atoms with Crippen LogP contribution in [0.2, 0.25) is 0 Å². The van der Waals surface area contributed by atoms with Crippen molar-refractivity contribution in [2.45, 2.75) is 125 Å². The van der Waals surface area contributed by atoms with Crippen molar-refractivity contribution in [2.24, 2.45) is 10.8 Å². The maximum Gasteiger partial charge on any atom is 0.131 e. The van der Waals surface area contributed by atoms with Crippen LogP contribution in [0, 0.1) is 22.5 Å². The van der Waals surface area contributed by atoms with E-state index in [-0.39, 0.29) is 33.2 Å². The van der Waals surface area contributed by atoms with Gasteiger partial charge in [-0.2, -0.15) is 0 Å². The highest BCUT2D eigenvalue weighted by atomic mass is 19.1. The van der Waals surface area contributed by atoms with Gasteiger partial charge in [-0.1, -0.05) is 166 Å². The summed E-state index contributed by atoms with van der Waals surface area (Å²) in [6.07, 6.45) is 1.12. The Balaban J connectivity index is 1.03. The Hall–Kier alpha value is -7.70. The summed E-state index contributed by atoms with van der Waals surface area (Å²) in [4.78, 5) is 0. The summed E-state index contributed by atoms with van der Waals surface area (Å²) in [5.74, 6) is -0.0366. The monoisotopic (exact) mass is 1050 g/mol. The zero-order valence-electron chi connectivity index (χ0n) is 47.9. The lowest BCUT2D eigenvalue weighted by atomic mass is 9.71. The van der Waals surface area contributed by atoms with E-state index in [2.05, 4.69) is 142 Å². The lowest BCUT2D eigenvalue weighted by molar-refractivity contribution is 0.131. The van der Waals surface area contributed by atoms with Gasteiger partial charge in [0.25, 0.3) is 0 Å². The molecule has 2 atom stereocenters. The molecule has 0 spiro atoms. The van der Waals surface area contributed by atoms with E-state index in [0.29, 0.717) is 51.3 Å². The molecule has 0 bridgehead atoms. The van der Waals surface area contributed by atoms with Gasteiger partial charge in [0.05, 0.1) is 12.2 Å². The Morgan fingerprint density at radius 2 is 0.684 bits per heavy atom. The van der Waals surface area contributed by atoms with E-state index in [1.165, 1.54) is 24.3 Å². The van der Waals surface area contributed by atoms with E-state index in [1.807, 2.05) is 74.5 Å². The van der Waals surface area contributed by atoms with Gasteiger partial charge < -0.3 is 19.7 Å². The first kappa shape index (κ1) is 54.6. The summed E-state index contributed by atoms with van der Waals surface area (Å²) in [5, 5.41) is 33.8. The summed E-state index contributed by atoms with van der Waals surface area (Å²) >= 11 is 0. The van der Waals surface area contributed by atoms with Crippen molar-refractivity contribution in [1.82, 2.24) is 0 Å². The second-order valence-electron chi connectivity index (χ2n) is 25.8. The number of rotatable bonds is 14. The summed E-state index contributed by atoms with van der Waals surface area (Å²) in [6.45, 7) is 26.2. The average molecular weight is 1050 g/mol. The molecule has 4 nitrogen and oxygen atoms in total. The first-order chi connectivity index (χ1) is 37.3. The van der Waals surface area contributed by atoms with E-state index in [1.54, 1.807) is 12.1 Å². The van der Waals surface area contributed by atoms with Gasteiger partial charge in [0.15, 0.2) is 0 Å². The predicted molar refractivity (Wildman–Crippen MR) is 327 cm³/mol. The topological polar surface area (TPSA) is 58.9 Å². The summed E-state index contributed by atoms with van der Waals surface area (Å²) in [7, 11) is 0. The van der Waals surface area contributed by atoms with Crippen molar-refractivity contribution in [3.05, 3.63) is 193 Å². The molecule has 10 rings (SSSR count). The molecule has 10 aromatic carbocycles. The highest BCUT2D eigenvalue weighted by molar-refractivity contribution is 6.15. The number of hydrogen-bond donors (Lipinski definition) is 2. The van der Waals surface area contributed by atoms with Crippen molar-refractivity contribution < 1.29 is 28.5 Å². The van der Waals surface area contributed by atoms with Crippen LogP contribution in [0.5, 0.6) is 23.0 Å². The van der Waals surface area contributed by atoms with Crippen LogP contribution in [0.25, 0.3) is 87.6 Å².